The molecule has 0 bridgehead atoms. The number of carbonyl (C=O) groups excluding carboxylic acids is 2. The highest BCUT2D eigenvalue weighted by atomic mass is 32.2. The second-order valence-electron chi connectivity index (χ2n) is 6.01. The van der Waals surface area contributed by atoms with E-state index in [0.29, 0.717) is 0 Å². The Bertz CT molecular complexity index is 727. The van der Waals surface area contributed by atoms with Gasteiger partial charge >= 0.3 is 0 Å². The van der Waals surface area contributed by atoms with E-state index < -0.39 is 10.0 Å². The van der Waals surface area contributed by atoms with E-state index in [2.05, 4.69) is 15.4 Å². The van der Waals surface area contributed by atoms with Crippen LogP contribution < -0.4 is 15.4 Å². The molecule has 0 unspecified atom stereocenters. The summed E-state index contributed by atoms with van der Waals surface area (Å²) in [6, 6.07) is 5.13. The second kappa shape index (κ2) is 7.76. The minimum atomic E-state index is -3.64. The lowest BCUT2D eigenvalue weighted by atomic mass is 10.1. The molecule has 0 aromatic heterocycles. The zero-order valence-electron chi connectivity index (χ0n) is 13.9. The molecule has 2 amide bonds. The number of hydrogen-bond donors (Lipinski definition) is 3. The molecule has 132 valence electrons. The van der Waals surface area contributed by atoms with Gasteiger partial charge in [-0.2, -0.15) is 0 Å². The van der Waals surface area contributed by atoms with Gasteiger partial charge in [0.05, 0.1) is 11.4 Å². The number of sulfonamides is 1. The van der Waals surface area contributed by atoms with Crippen molar-refractivity contribution in [3.8, 4) is 0 Å². The Kier molecular flexibility index (Phi) is 5.95. The van der Waals surface area contributed by atoms with Crippen LogP contribution in [0, 0.1) is 13.8 Å². The molecule has 0 spiro atoms. The average molecular weight is 353 g/mol. The number of amides is 2. The largest absolute Gasteiger partial charge is 0.352 e. The molecule has 3 N–H and O–H groups in total. The van der Waals surface area contributed by atoms with Crippen LogP contribution >= 0.6 is 0 Å². The van der Waals surface area contributed by atoms with Crippen LogP contribution in [0.1, 0.15) is 30.4 Å². The van der Waals surface area contributed by atoms with Crippen LogP contribution in [0.4, 0.5) is 0 Å². The van der Waals surface area contributed by atoms with Crippen LogP contribution in [-0.2, 0) is 19.6 Å². The number of carbonyl (C=O) groups is 2. The SMILES string of the molecule is Cc1ccc(S(=O)(=O)NCCC(=O)NCC(=O)NC2CC2)cc1C. The van der Waals surface area contributed by atoms with E-state index in [1.807, 2.05) is 13.8 Å². The predicted molar refractivity (Wildman–Crippen MR) is 89.9 cm³/mol. The van der Waals surface area contributed by atoms with Crippen LogP contribution in [0.3, 0.4) is 0 Å². The van der Waals surface area contributed by atoms with Gasteiger partial charge in [0.2, 0.25) is 21.8 Å². The Morgan fingerprint density at radius 2 is 1.83 bits per heavy atom. The summed E-state index contributed by atoms with van der Waals surface area (Å²) in [7, 11) is -3.64. The topological polar surface area (TPSA) is 104 Å². The Balaban J connectivity index is 1.74. The molecule has 1 aromatic carbocycles. The highest BCUT2D eigenvalue weighted by molar-refractivity contribution is 7.89. The van der Waals surface area contributed by atoms with Crippen LogP contribution in [0.25, 0.3) is 0 Å². The third-order valence-corrected chi connectivity index (χ3v) is 5.28. The summed E-state index contributed by atoms with van der Waals surface area (Å²) in [4.78, 5) is 23.3. The van der Waals surface area contributed by atoms with Gasteiger partial charge in [-0.05, 0) is 49.9 Å². The number of benzene rings is 1. The maximum absolute atomic E-state index is 12.2. The first kappa shape index (κ1) is 18.4. The summed E-state index contributed by atoms with van der Waals surface area (Å²) in [6.45, 7) is 3.64. The molecule has 7 nitrogen and oxygen atoms in total. The zero-order valence-corrected chi connectivity index (χ0v) is 14.7. The number of hydrogen-bond acceptors (Lipinski definition) is 4. The summed E-state index contributed by atoms with van der Waals surface area (Å²) in [5.74, 6) is -0.592. The minimum absolute atomic E-state index is 0.0225. The van der Waals surface area contributed by atoms with E-state index in [9.17, 15) is 18.0 Å². The van der Waals surface area contributed by atoms with Crippen LogP contribution in [0.2, 0.25) is 0 Å². The fourth-order valence-electron chi connectivity index (χ4n) is 2.04. The van der Waals surface area contributed by atoms with E-state index in [1.165, 1.54) is 6.07 Å². The molecule has 8 heteroatoms. The van der Waals surface area contributed by atoms with Gasteiger partial charge in [-0.25, -0.2) is 13.1 Å². The number of nitrogens with one attached hydrogen (secondary N) is 3. The molecule has 2 rings (SSSR count). The molecule has 1 aromatic rings. The molecule has 0 aliphatic heterocycles. The van der Waals surface area contributed by atoms with Gasteiger partial charge in [-0.15, -0.1) is 0 Å². The third-order valence-electron chi connectivity index (χ3n) is 3.82. The molecule has 0 saturated heterocycles. The van der Waals surface area contributed by atoms with Crippen LogP contribution in [0.5, 0.6) is 0 Å². The number of rotatable bonds is 8. The van der Waals surface area contributed by atoms with Crippen molar-refractivity contribution in [1.82, 2.24) is 15.4 Å². The first-order valence-corrected chi connectivity index (χ1v) is 9.39. The lowest BCUT2D eigenvalue weighted by Crippen LogP contribution is -2.39. The molecular weight excluding hydrogens is 330 g/mol. The molecule has 0 radical (unpaired) electrons. The van der Waals surface area contributed by atoms with Crippen molar-refractivity contribution in [2.75, 3.05) is 13.1 Å². The lowest BCUT2D eigenvalue weighted by Gasteiger charge is -2.09. The molecule has 0 heterocycles. The smallest absolute Gasteiger partial charge is 0.240 e. The summed E-state index contributed by atoms with van der Waals surface area (Å²) < 4.78 is 26.7. The molecule has 0 atom stereocenters. The standard InChI is InChI=1S/C16H23N3O4S/c1-11-3-6-14(9-12(11)2)24(22,23)18-8-7-15(20)17-10-16(21)19-13-4-5-13/h3,6,9,13,18H,4-5,7-8,10H2,1-2H3,(H,17,20)(H,19,21). The van der Waals surface area contributed by atoms with Crippen molar-refractivity contribution in [2.24, 2.45) is 0 Å². The highest BCUT2D eigenvalue weighted by Crippen LogP contribution is 2.18. The second-order valence-corrected chi connectivity index (χ2v) is 7.78. The molecule has 24 heavy (non-hydrogen) atoms. The number of aryl methyl sites for hydroxylation is 2. The maximum Gasteiger partial charge on any atom is 0.240 e. The van der Waals surface area contributed by atoms with Crippen LogP contribution in [-0.4, -0.2) is 39.4 Å². The fourth-order valence-corrected chi connectivity index (χ4v) is 3.15. The maximum atomic E-state index is 12.2. The van der Waals surface area contributed by atoms with Crippen molar-refractivity contribution >= 4 is 21.8 Å². The summed E-state index contributed by atoms with van der Waals surface area (Å²) >= 11 is 0. The van der Waals surface area contributed by atoms with Crippen molar-refractivity contribution < 1.29 is 18.0 Å². The molecular formula is C16H23N3O4S. The van der Waals surface area contributed by atoms with Gasteiger partial charge in [-0.3, -0.25) is 9.59 Å². The molecule has 1 saturated carbocycles. The van der Waals surface area contributed by atoms with E-state index in [1.54, 1.807) is 12.1 Å². The first-order chi connectivity index (χ1) is 11.3. The average Bonchev–Trinajstić information content (AvgIpc) is 3.31. The van der Waals surface area contributed by atoms with Crippen LogP contribution in [0.15, 0.2) is 23.1 Å². The van der Waals surface area contributed by atoms with Gasteiger partial charge in [0, 0.05) is 19.0 Å². The summed E-state index contributed by atoms with van der Waals surface area (Å²) in [6.07, 6.45) is 1.95. The normalized spacial score (nSPS) is 14.2. The predicted octanol–water partition coefficient (Wildman–Crippen LogP) is 0.367. The molecule has 1 aliphatic rings. The lowest BCUT2D eigenvalue weighted by molar-refractivity contribution is -0.126. The Morgan fingerprint density at radius 1 is 1.12 bits per heavy atom. The highest BCUT2D eigenvalue weighted by Gasteiger charge is 2.23. The van der Waals surface area contributed by atoms with E-state index >= 15 is 0 Å². The summed E-state index contributed by atoms with van der Waals surface area (Å²) in [5, 5.41) is 5.23. The van der Waals surface area contributed by atoms with Crippen molar-refractivity contribution in [3.63, 3.8) is 0 Å². The Morgan fingerprint density at radius 3 is 2.46 bits per heavy atom. The van der Waals surface area contributed by atoms with Crippen molar-refractivity contribution in [2.45, 2.75) is 44.0 Å². The van der Waals surface area contributed by atoms with E-state index in [4.69, 9.17) is 0 Å². The summed E-state index contributed by atoms with van der Waals surface area (Å²) in [5.41, 5.74) is 1.90. The monoisotopic (exact) mass is 353 g/mol. The zero-order chi connectivity index (χ0) is 17.7. The quantitative estimate of drug-likeness (QED) is 0.628. The van der Waals surface area contributed by atoms with Crippen molar-refractivity contribution in [3.05, 3.63) is 29.3 Å². The third kappa shape index (κ3) is 5.61. The van der Waals surface area contributed by atoms with E-state index in [0.717, 1.165) is 24.0 Å². The first-order valence-electron chi connectivity index (χ1n) is 7.91. The Hall–Kier alpha value is -1.93. The minimum Gasteiger partial charge on any atom is -0.352 e. The fraction of sp³-hybridized carbons (Fsp3) is 0.500. The van der Waals surface area contributed by atoms with Gasteiger partial charge in [0.1, 0.15) is 0 Å². The Labute approximate surface area is 142 Å². The molecule has 1 fully saturated rings. The van der Waals surface area contributed by atoms with Gasteiger partial charge in [0.15, 0.2) is 0 Å². The van der Waals surface area contributed by atoms with Gasteiger partial charge in [-0.1, -0.05) is 6.07 Å². The van der Waals surface area contributed by atoms with E-state index in [-0.39, 0.29) is 42.3 Å². The van der Waals surface area contributed by atoms with Gasteiger partial charge < -0.3 is 10.6 Å². The molecule has 1 aliphatic carbocycles. The van der Waals surface area contributed by atoms with Gasteiger partial charge in [0.25, 0.3) is 0 Å². The van der Waals surface area contributed by atoms with Crippen molar-refractivity contribution in [1.29, 1.82) is 0 Å².